The van der Waals surface area contributed by atoms with E-state index in [2.05, 4.69) is 0 Å². The van der Waals surface area contributed by atoms with Crippen molar-refractivity contribution in [3.8, 4) is 0 Å². The third-order valence-electron chi connectivity index (χ3n) is 3.71. The van der Waals surface area contributed by atoms with E-state index < -0.39 is 28.5 Å². The fraction of sp³-hybridized carbons (Fsp3) is 0.278. The highest BCUT2D eigenvalue weighted by molar-refractivity contribution is 7.84. The van der Waals surface area contributed by atoms with Gasteiger partial charge in [0.1, 0.15) is 0 Å². The molecule has 0 N–H and O–H groups in total. The maximum absolute atomic E-state index is 12.7. The van der Waals surface area contributed by atoms with E-state index in [1.165, 1.54) is 18.4 Å². The number of halogens is 3. The number of Topliss-reactive ketones (excluding diaryl/α,β-unsaturated/α-hetero) is 1. The summed E-state index contributed by atoms with van der Waals surface area (Å²) < 4.78 is 49.4. The van der Waals surface area contributed by atoms with E-state index in [0.29, 0.717) is 23.3 Å². The van der Waals surface area contributed by atoms with Crippen LogP contribution in [0, 0.1) is 0 Å². The summed E-state index contributed by atoms with van der Waals surface area (Å²) >= 11 is 0. The maximum Gasteiger partial charge on any atom is 0.416 e. The number of alkyl halides is 3. The van der Waals surface area contributed by atoms with E-state index >= 15 is 0 Å². The molecular formula is C18H17F3O2S. The predicted octanol–water partition coefficient (Wildman–Crippen LogP) is 4.44. The van der Waals surface area contributed by atoms with Gasteiger partial charge in [-0.2, -0.15) is 13.2 Å². The van der Waals surface area contributed by atoms with Crippen molar-refractivity contribution in [1.82, 2.24) is 0 Å². The van der Waals surface area contributed by atoms with Crippen LogP contribution in [0.1, 0.15) is 33.8 Å². The first-order chi connectivity index (χ1) is 11.3. The Morgan fingerprint density at radius 1 is 1.04 bits per heavy atom. The van der Waals surface area contributed by atoms with Crippen molar-refractivity contribution in [2.75, 3.05) is 12.0 Å². The standard InChI is InChI=1S/C18H17F3O2S/c1-24(23)12-11-16(17(22)14-5-3-2-4-6-14)13-7-9-15(10-8-13)18(19,20)21/h2-10,16H,11-12H2,1H3. The molecule has 2 unspecified atom stereocenters. The third kappa shape index (κ3) is 4.77. The summed E-state index contributed by atoms with van der Waals surface area (Å²) in [5.41, 5.74) is 0.239. The second-order valence-corrected chi connectivity index (χ2v) is 7.02. The number of hydrogen-bond donors (Lipinski definition) is 0. The van der Waals surface area contributed by atoms with Gasteiger partial charge in [-0.3, -0.25) is 9.00 Å². The second-order valence-electron chi connectivity index (χ2n) is 5.47. The zero-order valence-electron chi connectivity index (χ0n) is 13.0. The number of carbonyl (C=O) groups is 1. The minimum Gasteiger partial charge on any atom is -0.293 e. The van der Waals surface area contributed by atoms with Crippen LogP contribution in [0.25, 0.3) is 0 Å². The van der Waals surface area contributed by atoms with E-state index in [1.54, 1.807) is 30.3 Å². The highest BCUT2D eigenvalue weighted by Crippen LogP contribution is 2.31. The molecule has 0 heterocycles. The van der Waals surface area contributed by atoms with Gasteiger partial charge in [0.25, 0.3) is 0 Å². The molecule has 6 heteroatoms. The van der Waals surface area contributed by atoms with Crippen LogP contribution in [0.4, 0.5) is 13.2 Å². The summed E-state index contributed by atoms with van der Waals surface area (Å²) in [5.74, 6) is -0.482. The molecule has 2 atom stereocenters. The Morgan fingerprint density at radius 3 is 2.12 bits per heavy atom. The van der Waals surface area contributed by atoms with Crippen LogP contribution in [0.3, 0.4) is 0 Å². The molecule has 2 aromatic rings. The van der Waals surface area contributed by atoms with Gasteiger partial charge < -0.3 is 0 Å². The summed E-state index contributed by atoms with van der Waals surface area (Å²) in [5, 5.41) is 0. The Balaban J connectivity index is 2.32. The van der Waals surface area contributed by atoms with Crippen LogP contribution in [-0.4, -0.2) is 22.0 Å². The van der Waals surface area contributed by atoms with Crippen LogP contribution in [0.15, 0.2) is 54.6 Å². The maximum atomic E-state index is 12.7. The minimum atomic E-state index is -4.41. The monoisotopic (exact) mass is 354 g/mol. The van der Waals surface area contributed by atoms with Gasteiger partial charge in [0.2, 0.25) is 0 Å². The van der Waals surface area contributed by atoms with Crippen LogP contribution >= 0.6 is 0 Å². The molecule has 2 nitrogen and oxygen atoms in total. The molecule has 0 radical (unpaired) electrons. The van der Waals surface area contributed by atoms with E-state index in [4.69, 9.17) is 0 Å². The SMILES string of the molecule is CS(=O)CCC(C(=O)c1ccccc1)c1ccc(C(F)(F)F)cc1. The van der Waals surface area contributed by atoms with Crippen molar-refractivity contribution in [2.24, 2.45) is 0 Å². The van der Waals surface area contributed by atoms with Gasteiger partial charge in [-0.15, -0.1) is 0 Å². The van der Waals surface area contributed by atoms with Gasteiger partial charge in [0.05, 0.1) is 5.56 Å². The lowest BCUT2D eigenvalue weighted by molar-refractivity contribution is -0.137. The molecule has 2 aromatic carbocycles. The molecule has 24 heavy (non-hydrogen) atoms. The topological polar surface area (TPSA) is 34.1 Å². The van der Waals surface area contributed by atoms with Crippen molar-refractivity contribution >= 4 is 16.6 Å². The van der Waals surface area contributed by atoms with Crippen LogP contribution in [0.5, 0.6) is 0 Å². The Bertz CT molecular complexity index is 709. The average molecular weight is 354 g/mol. The Kier molecular flexibility index (Phi) is 5.94. The fourth-order valence-electron chi connectivity index (χ4n) is 2.44. The molecule has 128 valence electrons. The first-order valence-electron chi connectivity index (χ1n) is 7.35. The van der Waals surface area contributed by atoms with E-state index in [-0.39, 0.29) is 5.78 Å². The minimum absolute atomic E-state index is 0.180. The van der Waals surface area contributed by atoms with Gasteiger partial charge in [0, 0.05) is 34.3 Å². The normalized spacial score (nSPS) is 14.2. The molecule has 0 saturated heterocycles. The molecule has 0 saturated carbocycles. The smallest absolute Gasteiger partial charge is 0.293 e. The van der Waals surface area contributed by atoms with Gasteiger partial charge in [-0.05, 0) is 24.1 Å². The second kappa shape index (κ2) is 7.75. The number of hydrogen-bond acceptors (Lipinski definition) is 2. The van der Waals surface area contributed by atoms with Crippen LogP contribution in [-0.2, 0) is 17.0 Å². The molecule has 2 rings (SSSR count). The van der Waals surface area contributed by atoms with E-state index in [0.717, 1.165) is 12.1 Å². The summed E-state index contributed by atoms with van der Waals surface area (Å²) in [7, 11) is -1.08. The molecule has 0 amide bonds. The molecular weight excluding hydrogens is 337 g/mol. The number of carbonyl (C=O) groups excluding carboxylic acids is 1. The van der Waals surface area contributed by atoms with Crippen LogP contribution < -0.4 is 0 Å². The Morgan fingerprint density at radius 2 is 1.62 bits per heavy atom. The Labute approximate surface area is 141 Å². The average Bonchev–Trinajstić information content (AvgIpc) is 2.55. The molecule has 0 aliphatic rings. The first-order valence-corrected chi connectivity index (χ1v) is 9.08. The molecule has 0 aliphatic heterocycles. The van der Waals surface area contributed by atoms with E-state index in [1.807, 2.05) is 0 Å². The van der Waals surface area contributed by atoms with Gasteiger partial charge in [-0.25, -0.2) is 0 Å². The molecule has 0 fully saturated rings. The summed E-state index contributed by atoms with van der Waals surface area (Å²) in [6, 6.07) is 13.2. The predicted molar refractivity (Wildman–Crippen MR) is 88.5 cm³/mol. The Hall–Kier alpha value is -1.95. The zero-order chi connectivity index (χ0) is 17.7. The molecule has 0 bridgehead atoms. The number of ketones is 1. The lowest BCUT2D eigenvalue weighted by Crippen LogP contribution is -2.16. The number of benzene rings is 2. The van der Waals surface area contributed by atoms with Crippen molar-refractivity contribution in [3.63, 3.8) is 0 Å². The summed E-state index contributed by atoms with van der Waals surface area (Å²) in [6.07, 6.45) is -2.55. The largest absolute Gasteiger partial charge is 0.416 e. The van der Waals surface area contributed by atoms with Gasteiger partial charge >= 0.3 is 6.18 Å². The first kappa shape index (κ1) is 18.4. The fourth-order valence-corrected chi connectivity index (χ4v) is 3.01. The molecule has 0 spiro atoms. The lowest BCUT2D eigenvalue weighted by atomic mass is 9.88. The van der Waals surface area contributed by atoms with Crippen LogP contribution in [0.2, 0.25) is 0 Å². The van der Waals surface area contributed by atoms with Crippen molar-refractivity contribution in [2.45, 2.75) is 18.5 Å². The zero-order valence-corrected chi connectivity index (χ0v) is 13.9. The van der Waals surface area contributed by atoms with Gasteiger partial charge in [-0.1, -0.05) is 42.5 Å². The van der Waals surface area contributed by atoms with Crippen molar-refractivity contribution in [1.29, 1.82) is 0 Å². The van der Waals surface area contributed by atoms with Gasteiger partial charge in [0.15, 0.2) is 5.78 Å². The highest BCUT2D eigenvalue weighted by atomic mass is 32.2. The highest BCUT2D eigenvalue weighted by Gasteiger charge is 2.31. The van der Waals surface area contributed by atoms with Crippen molar-refractivity contribution < 1.29 is 22.2 Å². The third-order valence-corrected chi connectivity index (χ3v) is 4.52. The van der Waals surface area contributed by atoms with E-state index in [9.17, 15) is 22.2 Å². The molecule has 0 aromatic heterocycles. The summed E-state index contributed by atoms with van der Waals surface area (Å²) in [6.45, 7) is 0. The quantitative estimate of drug-likeness (QED) is 0.719. The van der Waals surface area contributed by atoms with Crippen molar-refractivity contribution in [3.05, 3.63) is 71.3 Å². The summed E-state index contributed by atoms with van der Waals surface area (Å²) in [4.78, 5) is 12.7. The molecule has 0 aliphatic carbocycles. The number of rotatable bonds is 6. The lowest BCUT2D eigenvalue weighted by Gasteiger charge is -2.17.